The molecule has 3 aromatic heterocycles. The summed E-state index contributed by atoms with van der Waals surface area (Å²) in [6, 6.07) is 10.0. The van der Waals surface area contributed by atoms with Crippen molar-refractivity contribution < 1.29 is 0 Å². The second-order valence-corrected chi connectivity index (χ2v) is 8.00. The molecular formula is C23H30N8O. The summed E-state index contributed by atoms with van der Waals surface area (Å²) in [7, 11) is 1.93. The van der Waals surface area contributed by atoms with Gasteiger partial charge in [-0.15, -0.1) is 0 Å². The second-order valence-electron chi connectivity index (χ2n) is 8.00. The van der Waals surface area contributed by atoms with Crippen molar-refractivity contribution in [2.24, 2.45) is 18.5 Å². The molecule has 32 heavy (non-hydrogen) atoms. The number of nitrogens with two attached hydrogens (primary N) is 2. The highest BCUT2D eigenvalue weighted by atomic mass is 16.1. The van der Waals surface area contributed by atoms with Gasteiger partial charge in [-0.1, -0.05) is 12.1 Å². The topological polar surface area (TPSA) is 124 Å². The van der Waals surface area contributed by atoms with Crippen LogP contribution in [-0.4, -0.2) is 55.2 Å². The quantitative estimate of drug-likeness (QED) is 0.348. The Bertz CT molecular complexity index is 1210. The Labute approximate surface area is 186 Å². The van der Waals surface area contributed by atoms with Crippen LogP contribution in [0.4, 0.5) is 0 Å². The van der Waals surface area contributed by atoms with E-state index in [1.54, 1.807) is 17.1 Å². The summed E-state index contributed by atoms with van der Waals surface area (Å²) in [5, 5.41) is 0.861. The van der Waals surface area contributed by atoms with Crippen molar-refractivity contribution in [2.45, 2.75) is 19.4 Å². The number of hydrogen-bond acceptors (Lipinski definition) is 6. The summed E-state index contributed by atoms with van der Waals surface area (Å²) >= 11 is 0. The van der Waals surface area contributed by atoms with Crippen LogP contribution < -0.4 is 17.2 Å². The van der Waals surface area contributed by atoms with E-state index >= 15 is 0 Å². The Morgan fingerprint density at radius 1 is 1.09 bits per heavy atom. The maximum Gasteiger partial charge on any atom is 0.354 e. The van der Waals surface area contributed by atoms with E-state index in [0.29, 0.717) is 18.7 Å². The fourth-order valence-corrected chi connectivity index (χ4v) is 3.85. The predicted molar refractivity (Wildman–Crippen MR) is 127 cm³/mol. The Hall–Kier alpha value is -3.27. The molecule has 0 radical (unpaired) electrons. The number of fused-ring (bicyclic) bond motifs is 1. The number of aromatic amines is 1. The molecule has 0 fully saturated rings. The first-order valence-electron chi connectivity index (χ1n) is 10.9. The van der Waals surface area contributed by atoms with E-state index in [1.807, 2.05) is 36.0 Å². The number of benzene rings is 1. The molecule has 0 unspecified atom stereocenters. The smallest absolute Gasteiger partial charge is 0.338 e. The Morgan fingerprint density at radius 3 is 2.44 bits per heavy atom. The molecule has 9 nitrogen and oxygen atoms in total. The molecule has 9 heteroatoms. The van der Waals surface area contributed by atoms with Crippen LogP contribution in [0.1, 0.15) is 18.4 Å². The molecule has 3 heterocycles. The molecule has 4 aromatic rings. The lowest BCUT2D eigenvalue weighted by Gasteiger charge is -2.22. The minimum Gasteiger partial charge on any atom is -0.338 e. The zero-order valence-electron chi connectivity index (χ0n) is 18.4. The van der Waals surface area contributed by atoms with E-state index in [9.17, 15) is 4.79 Å². The average Bonchev–Trinajstić information content (AvgIpc) is 3.40. The SMILES string of the molecule is Cn1cncc1-c1cc2cn(-c3ccc(CN(CCCN)CCCN)cc3)c(=O)nc2[nH]1. The molecular weight excluding hydrogens is 404 g/mol. The van der Waals surface area contributed by atoms with E-state index in [2.05, 4.69) is 32.0 Å². The lowest BCUT2D eigenvalue weighted by atomic mass is 10.1. The lowest BCUT2D eigenvalue weighted by molar-refractivity contribution is 0.262. The molecule has 0 saturated heterocycles. The Morgan fingerprint density at radius 2 is 1.81 bits per heavy atom. The van der Waals surface area contributed by atoms with Crippen LogP contribution in [0.15, 0.2) is 53.8 Å². The highest BCUT2D eigenvalue weighted by Gasteiger charge is 2.11. The number of nitrogens with one attached hydrogen (secondary N) is 1. The molecule has 0 amide bonds. The predicted octanol–water partition coefficient (Wildman–Crippen LogP) is 1.61. The summed E-state index contributed by atoms with van der Waals surface area (Å²) in [6.07, 6.45) is 7.26. The molecule has 0 saturated carbocycles. The largest absolute Gasteiger partial charge is 0.354 e. The van der Waals surface area contributed by atoms with Gasteiger partial charge in [-0.3, -0.25) is 9.47 Å². The zero-order chi connectivity index (χ0) is 22.5. The summed E-state index contributed by atoms with van der Waals surface area (Å²) in [5.41, 5.74) is 15.4. The number of imidazole rings is 1. The van der Waals surface area contributed by atoms with Gasteiger partial charge in [-0.25, -0.2) is 9.78 Å². The van der Waals surface area contributed by atoms with Gasteiger partial charge >= 0.3 is 5.69 Å². The maximum absolute atomic E-state index is 12.7. The fourth-order valence-electron chi connectivity index (χ4n) is 3.85. The second kappa shape index (κ2) is 9.90. The summed E-state index contributed by atoms with van der Waals surface area (Å²) in [6.45, 7) is 4.09. The van der Waals surface area contributed by atoms with Gasteiger partial charge < -0.3 is 21.0 Å². The van der Waals surface area contributed by atoms with Crippen molar-refractivity contribution >= 4 is 11.0 Å². The first-order chi connectivity index (χ1) is 15.6. The van der Waals surface area contributed by atoms with Crippen molar-refractivity contribution in [1.82, 2.24) is 29.0 Å². The minimum absolute atomic E-state index is 0.323. The van der Waals surface area contributed by atoms with E-state index in [4.69, 9.17) is 11.5 Å². The van der Waals surface area contributed by atoms with Crippen LogP contribution in [0.2, 0.25) is 0 Å². The zero-order valence-corrected chi connectivity index (χ0v) is 18.4. The van der Waals surface area contributed by atoms with Crippen LogP contribution in [-0.2, 0) is 13.6 Å². The summed E-state index contributed by atoms with van der Waals surface area (Å²) in [5.74, 6) is 0. The molecule has 168 valence electrons. The van der Waals surface area contributed by atoms with Crippen molar-refractivity contribution in [3.63, 3.8) is 0 Å². The van der Waals surface area contributed by atoms with E-state index < -0.39 is 0 Å². The van der Waals surface area contributed by atoms with Crippen LogP contribution in [0.5, 0.6) is 0 Å². The van der Waals surface area contributed by atoms with Crippen molar-refractivity contribution in [2.75, 3.05) is 26.2 Å². The van der Waals surface area contributed by atoms with Crippen molar-refractivity contribution in [1.29, 1.82) is 0 Å². The number of H-pyrrole nitrogens is 1. The molecule has 4 rings (SSSR count). The summed E-state index contributed by atoms with van der Waals surface area (Å²) < 4.78 is 3.49. The van der Waals surface area contributed by atoms with Crippen molar-refractivity contribution in [3.05, 3.63) is 65.1 Å². The number of hydrogen-bond donors (Lipinski definition) is 3. The van der Waals surface area contributed by atoms with Crippen LogP contribution >= 0.6 is 0 Å². The Kier molecular flexibility index (Phi) is 6.79. The van der Waals surface area contributed by atoms with Gasteiger partial charge in [0.25, 0.3) is 0 Å². The molecule has 1 aromatic carbocycles. The first kappa shape index (κ1) is 21.9. The monoisotopic (exact) mass is 434 g/mol. The number of nitrogens with zero attached hydrogens (tertiary/aromatic N) is 5. The summed E-state index contributed by atoms with van der Waals surface area (Å²) in [4.78, 5) is 26.7. The Balaban J connectivity index is 1.56. The van der Waals surface area contributed by atoms with Crippen LogP contribution in [0.3, 0.4) is 0 Å². The molecule has 0 atom stereocenters. The minimum atomic E-state index is -0.323. The maximum atomic E-state index is 12.7. The first-order valence-corrected chi connectivity index (χ1v) is 10.9. The van der Waals surface area contributed by atoms with Crippen molar-refractivity contribution in [3.8, 4) is 17.1 Å². The van der Waals surface area contributed by atoms with Gasteiger partial charge in [-0.2, -0.15) is 4.98 Å². The van der Waals surface area contributed by atoms with Gasteiger partial charge in [-0.05, 0) is 62.8 Å². The normalized spacial score (nSPS) is 11.6. The van der Waals surface area contributed by atoms with Gasteiger partial charge in [0.2, 0.25) is 0 Å². The number of aryl methyl sites for hydroxylation is 1. The fraction of sp³-hybridized carbons (Fsp3) is 0.348. The number of aromatic nitrogens is 5. The van der Waals surface area contributed by atoms with E-state index in [-0.39, 0.29) is 5.69 Å². The molecule has 5 N–H and O–H groups in total. The third-order valence-corrected chi connectivity index (χ3v) is 5.58. The third kappa shape index (κ3) is 4.80. The average molecular weight is 435 g/mol. The van der Waals surface area contributed by atoms with Crippen LogP contribution in [0, 0.1) is 0 Å². The van der Waals surface area contributed by atoms with Gasteiger partial charge in [0.05, 0.1) is 29.6 Å². The highest BCUT2D eigenvalue weighted by Crippen LogP contribution is 2.22. The molecule has 0 aliphatic rings. The molecule has 0 spiro atoms. The van der Waals surface area contributed by atoms with Gasteiger partial charge in [0, 0.05) is 25.2 Å². The van der Waals surface area contributed by atoms with E-state index in [0.717, 1.165) is 54.9 Å². The lowest BCUT2D eigenvalue weighted by Crippen LogP contribution is -2.28. The van der Waals surface area contributed by atoms with Gasteiger partial charge in [0.15, 0.2) is 0 Å². The van der Waals surface area contributed by atoms with Crippen LogP contribution in [0.25, 0.3) is 28.1 Å². The molecule has 0 aliphatic carbocycles. The third-order valence-electron chi connectivity index (χ3n) is 5.58. The van der Waals surface area contributed by atoms with E-state index in [1.165, 1.54) is 5.56 Å². The van der Waals surface area contributed by atoms with Gasteiger partial charge in [0.1, 0.15) is 5.65 Å². The standard InChI is InChI=1S/C23H30N8O/c1-29-16-26-13-21(29)20-12-18-15-31(23(32)28-22(18)27-20)19-6-4-17(5-7-19)14-30(10-2-8-24)11-3-9-25/h4-7,12-13,15-16H,2-3,8-11,14,24-25H2,1H3,(H,27,28,32). The molecule has 0 aliphatic heterocycles. The molecule has 0 bridgehead atoms. The highest BCUT2D eigenvalue weighted by molar-refractivity contribution is 5.81. The number of rotatable bonds is 10.